The van der Waals surface area contributed by atoms with Crippen LogP contribution in [0.3, 0.4) is 0 Å². The summed E-state index contributed by atoms with van der Waals surface area (Å²) >= 11 is 1.96. The second kappa shape index (κ2) is 9.01. The van der Waals surface area contributed by atoms with Gasteiger partial charge in [-0.25, -0.2) is 4.68 Å². The molecule has 3 N–H and O–H groups in total. The second-order valence-corrected chi connectivity index (χ2v) is 10.1. The van der Waals surface area contributed by atoms with Crippen molar-refractivity contribution in [1.29, 1.82) is 0 Å². The third kappa shape index (κ3) is 4.69. The average molecular weight is 446 g/mol. The molecule has 0 unspecified atom stereocenters. The lowest BCUT2D eigenvalue weighted by Gasteiger charge is -2.19. The molecule has 1 aliphatic heterocycles. The van der Waals surface area contributed by atoms with Crippen molar-refractivity contribution in [1.82, 2.24) is 14.8 Å². The Labute approximate surface area is 195 Å². The second-order valence-electron chi connectivity index (χ2n) is 8.94. The molecule has 4 rings (SSSR count). The van der Waals surface area contributed by atoms with Crippen molar-refractivity contribution < 1.29 is 0 Å². The quantitative estimate of drug-likeness (QED) is 0.555. The molecule has 1 aromatic carbocycles. The minimum absolute atomic E-state index is 0.160. The Morgan fingerprint density at radius 1 is 1.28 bits per heavy atom. The topological polar surface area (TPSA) is 68.8 Å². The van der Waals surface area contributed by atoms with Crippen LogP contribution in [0.1, 0.15) is 55.2 Å². The van der Waals surface area contributed by atoms with E-state index in [1.807, 2.05) is 50.0 Å². The smallest absolute Gasteiger partial charge is 0.129 e. The Kier molecular flexibility index (Phi) is 6.32. The van der Waals surface area contributed by atoms with Crippen molar-refractivity contribution in [2.45, 2.75) is 58.0 Å². The summed E-state index contributed by atoms with van der Waals surface area (Å²) in [5.41, 5.74) is 12.1. The van der Waals surface area contributed by atoms with E-state index in [0.29, 0.717) is 6.04 Å². The summed E-state index contributed by atoms with van der Waals surface area (Å²) in [4.78, 5) is 4.62. The van der Waals surface area contributed by atoms with Crippen molar-refractivity contribution >= 4 is 17.6 Å². The fourth-order valence-corrected chi connectivity index (χ4v) is 5.32. The monoisotopic (exact) mass is 445 g/mol. The molecule has 0 saturated carbocycles. The highest BCUT2D eigenvalue weighted by Gasteiger charge is 2.32. The fourth-order valence-electron chi connectivity index (χ4n) is 3.92. The molecular formula is C26H31N5S. The van der Waals surface area contributed by atoms with Gasteiger partial charge in [0.05, 0.1) is 16.5 Å². The van der Waals surface area contributed by atoms with Gasteiger partial charge >= 0.3 is 0 Å². The summed E-state index contributed by atoms with van der Waals surface area (Å²) in [6.45, 7) is 11.2. The van der Waals surface area contributed by atoms with Crippen molar-refractivity contribution in [3.8, 4) is 23.2 Å². The molecule has 166 valence electrons. The highest BCUT2D eigenvalue weighted by atomic mass is 32.2. The van der Waals surface area contributed by atoms with Crippen LogP contribution in [0.15, 0.2) is 42.6 Å². The summed E-state index contributed by atoms with van der Waals surface area (Å²) in [5.74, 6) is 8.46. The predicted octanol–water partition coefficient (Wildman–Crippen LogP) is 5.00. The lowest BCUT2D eigenvalue weighted by molar-refractivity contribution is 0.660. The SMILES string of the molecule is CCn1nc(-c2ccccn2)c2c1N[C@@H](C)CS[C@@H]2c1ccc(C#CC(C)(C)N)cc1C. The maximum absolute atomic E-state index is 6.04. The number of hydrogen-bond donors (Lipinski definition) is 2. The molecule has 0 saturated heterocycles. The minimum Gasteiger partial charge on any atom is -0.367 e. The number of anilines is 1. The van der Waals surface area contributed by atoms with Crippen LogP contribution in [0.4, 0.5) is 5.82 Å². The zero-order valence-electron chi connectivity index (χ0n) is 19.4. The number of pyridine rings is 1. The van der Waals surface area contributed by atoms with Crippen LogP contribution in [-0.2, 0) is 6.54 Å². The molecule has 1 aliphatic rings. The van der Waals surface area contributed by atoms with Gasteiger partial charge in [-0.3, -0.25) is 4.98 Å². The number of aryl methyl sites for hydroxylation is 2. The van der Waals surface area contributed by atoms with Crippen LogP contribution in [0.5, 0.6) is 0 Å². The zero-order valence-corrected chi connectivity index (χ0v) is 20.3. The molecule has 2 aromatic heterocycles. The third-order valence-electron chi connectivity index (χ3n) is 5.44. The van der Waals surface area contributed by atoms with Gasteiger partial charge < -0.3 is 11.1 Å². The molecule has 0 amide bonds. The van der Waals surface area contributed by atoms with Crippen LogP contribution in [-0.4, -0.2) is 32.1 Å². The van der Waals surface area contributed by atoms with Gasteiger partial charge in [-0.1, -0.05) is 24.0 Å². The van der Waals surface area contributed by atoms with E-state index >= 15 is 0 Å². The van der Waals surface area contributed by atoms with E-state index in [4.69, 9.17) is 10.8 Å². The molecule has 0 aliphatic carbocycles. The first-order valence-corrected chi connectivity index (χ1v) is 12.1. The maximum atomic E-state index is 6.04. The number of fused-ring (bicyclic) bond motifs is 1. The van der Waals surface area contributed by atoms with E-state index in [0.717, 1.165) is 35.1 Å². The number of nitrogens with two attached hydrogens (primary N) is 1. The zero-order chi connectivity index (χ0) is 22.9. The number of thioether (sulfide) groups is 1. The van der Waals surface area contributed by atoms with Crippen LogP contribution >= 0.6 is 11.8 Å². The van der Waals surface area contributed by atoms with E-state index in [-0.39, 0.29) is 5.25 Å². The molecule has 0 fully saturated rings. The Morgan fingerprint density at radius 2 is 2.09 bits per heavy atom. The Bertz CT molecular complexity index is 1160. The third-order valence-corrected chi connectivity index (χ3v) is 6.95. The van der Waals surface area contributed by atoms with Crippen LogP contribution in [0, 0.1) is 18.8 Å². The number of aromatic nitrogens is 3. The number of rotatable bonds is 3. The van der Waals surface area contributed by atoms with E-state index < -0.39 is 5.54 Å². The Hall–Kier alpha value is -2.75. The molecule has 6 heteroatoms. The van der Waals surface area contributed by atoms with Crippen molar-refractivity contribution in [3.63, 3.8) is 0 Å². The van der Waals surface area contributed by atoms with Gasteiger partial charge in [-0.2, -0.15) is 5.10 Å². The maximum Gasteiger partial charge on any atom is 0.129 e. The average Bonchev–Trinajstić information content (AvgIpc) is 3.02. The predicted molar refractivity (Wildman–Crippen MR) is 135 cm³/mol. The van der Waals surface area contributed by atoms with E-state index in [1.165, 1.54) is 16.7 Å². The molecule has 2 atom stereocenters. The van der Waals surface area contributed by atoms with Crippen LogP contribution in [0.2, 0.25) is 0 Å². The van der Waals surface area contributed by atoms with Crippen molar-refractivity contribution in [2.75, 3.05) is 11.1 Å². The fraction of sp³-hybridized carbons (Fsp3) is 0.385. The molecular weight excluding hydrogens is 414 g/mol. The number of nitrogens with one attached hydrogen (secondary N) is 1. The van der Waals surface area contributed by atoms with Crippen LogP contribution < -0.4 is 11.1 Å². The number of nitrogens with zero attached hydrogens (tertiary/aromatic N) is 3. The number of hydrogen-bond acceptors (Lipinski definition) is 5. The Balaban J connectivity index is 1.85. The lowest BCUT2D eigenvalue weighted by atomic mass is 9.96. The Morgan fingerprint density at radius 3 is 2.75 bits per heavy atom. The summed E-state index contributed by atoms with van der Waals surface area (Å²) < 4.78 is 2.08. The van der Waals surface area contributed by atoms with E-state index in [9.17, 15) is 0 Å². The summed E-state index contributed by atoms with van der Waals surface area (Å²) in [6.07, 6.45) is 1.83. The molecule has 0 bridgehead atoms. The van der Waals surface area contributed by atoms with Crippen LogP contribution in [0.25, 0.3) is 11.4 Å². The highest BCUT2D eigenvalue weighted by molar-refractivity contribution is 7.99. The first-order valence-electron chi connectivity index (χ1n) is 11.1. The molecule has 0 radical (unpaired) electrons. The minimum atomic E-state index is -0.507. The summed E-state index contributed by atoms with van der Waals surface area (Å²) in [5, 5.41) is 8.85. The molecule has 32 heavy (non-hydrogen) atoms. The van der Waals surface area contributed by atoms with Crippen molar-refractivity contribution in [2.24, 2.45) is 5.73 Å². The highest BCUT2D eigenvalue weighted by Crippen LogP contribution is 2.47. The standard InChI is InChI=1S/C26H31N5S/c1-6-31-25-22(23(30-31)21-9-7-8-14-28-21)24(32-16-18(3)29-25)20-11-10-19(15-17(20)2)12-13-26(4,5)27/h7-11,14-15,18,24,29H,6,16,27H2,1-5H3/t18-,24+/m0/s1. The molecule has 0 spiro atoms. The van der Waals surface area contributed by atoms with Crippen molar-refractivity contribution in [3.05, 3.63) is 64.8 Å². The van der Waals surface area contributed by atoms with Gasteiger partial charge in [-0.05, 0) is 70.0 Å². The summed E-state index contributed by atoms with van der Waals surface area (Å²) in [7, 11) is 0. The first-order chi connectivity index (χ1) is 15.3. The lowest BCUT2D eigenvalue weighted by Crippen LogP contribution is -2.29. The summed E-state index contributed by atoms with van der Waals surface area (Å²) in [6, 6.07) is 12.8. The van der Waals surface area contributed by atoms with E-state index in [1.54, 1.807) is 0 Å². The number of benzene rings is 1. The largest absolute Gasteiger partial charge is 0.367 e. The van der Waals surface area contributed by atoms with Gasteiger partial charge in [-0.15, -0.1) is 11.8 Å². The molecule has 3 heterocycles. The molecule has 3 aromatic rings. The van der Waals surface area contributed by atoms with Gasteiger partial charge in [0.25, 0.3) is 0 Å². The normalized spacial score (nSPS) is 18.2. The molecule has 5 nitrogen and oxygen atoms in total. The van der Waals surface area contributed by atoms with Gasteiger partial charge in [0.15, 0.2) is 0 Å². The first kappa shape index (κ1) is 22.4. The van der Waals surface area contributed by atoms with Gasteiger partial charge in [0.1, 0.15) is 11.5 Å². The van der Waals surface area contributed by atoms with Gasteiger partial charge in [0.2, 0.25) is 0 Å². The van der Waals surface area contributed by atoms with E-state index in [2.05, 4.69) is 65.8 Å². The van der Waals surface area contributed by atoms with Gasteiger partial charge in [0, 0.05) is 35.7 Å².